The molecule has 0 spiro atoms. The summed E-state index contributed by atoms with van der Waals surface area (Å²) in [5.74, 6) is -0.189. The molecule has 1 rings (SSSR count). The molecule has 0 aliphatic heterocycles. The van der Waals surface area contributed by atoms with Gasteiger partial charge in [0.05, 0.1) is 6.61 Å². The number of carbonyl (C=O) groups is 1. The minimum absolute atomic E-state index is 0.0784. The van der Waals surface area contributed by atoms with Gasteiger partial charge in [0, 0.05) is 18.3 Å². The monoisotopic (exact) mass is 191 g/mol. The number of carbonyl (C=O) groups excluding carboxylic acids is 1. The summed E-state index contributed by atoms with van der Waals surface area (Å²) in [4.78, 5) is 12.8. The highest BCUT2D eigenvalue weighted by atomic mass is 16.3. The largest absolute Gasteiger partial charge is 0.392 e. The summed E-state index contributed by atoms with van der Waals surface area (Å²) in [6.07, 6.45) is 1.24. The van der Waals surface area contributed by atoms with Gasteiger partial charge >= 0.3 is 0 Å². The van der Waals surface area contributed by atoms with Gasteiger partial charge < -0.3 is 10.0 Å². The van der Waals surface area contributed by atoms with Crippen molar-refractivity contribution in [3.05, 3.63) is 42.5 Å². The molecule has 0 fully saturated rings. The number of amides is 1. The van der Waals surface area contributed by atoms with Crippen LogP contribution in [0.5, 0.6) is 0 Å². The summed E-state index contributed by atoms with van der Waals surface area (Å²) in [6.45, 7) is 3.33. The van der Waals surface area contributed by atoms with Crippen molar-refractivity contribution >= 4 is 11.6 Å². The van der Waals surface area contributed by atoms with E-state index >= 15 is 0 Å². The number of hydrogen-bond acceptors (Lipinski definition) is 2. The van der Waals surface area contributed by atoms with Crippen molar-refractivity contribution in [2.24, 2.45) is 0 Å². The van der Waals surface area contributed by atoms with Crippen LogP contribution >= 0.6 is 0 Å². The van der Waals surface area contributed by atoms with Crippen molar-refractivity contribution in [1.82, 2.24) is 0 Å². The van der Waals surface area contributed by atoms with Gasteiger partial charge in [-0.05, 0) is 12.1 Å². The Balaban J connectivity index is 3.05. The Morgan fingerprint density at radius 1 is 1.57 bits per heavy atom. The molecule has 0 aliphatic rings. The van der Waals surface area contributed by atoms with E-state index in [1.807, 2.05) is 12.1 Å². The van der Waals surface area contributed by atoms with Gasteiger partial charge in [-0.25, -0.2) is 0 Å². The fourth-order valence-corrected chi connectivity index (χ4v) is 1.23. The molecule has 1 aromatic rings. The topological polar surface area (TPSA) is 40.5 Å². The van der Waals surface area contributed by atoms with Crippen LogP contribution in [0.3, 0.4) is 0 Å². The van der Waals surface area contributed by atoms with E-state index in [1.165, 1.54) is 11.0 Å². The van der Waals surface area contributed by atoms with E-state index in [-0.39, 0.29) is 12.5 Å². The molecule has 74 valence electrons. The molecule has 0 heterocycles. The standard InChI is InChI=1S/C11H13NO2/c1-3-11(14)12(2)10-7-5-4-6-9(10)8-13/h3-7,13H,1,8H2,2H3. The zero-order valence-corrected chi connectivity index (χ0v) is 8.10. The number of benzene rings is 1. The predicted molar refractivity (Wildman–Crippen MR) is 56.0 cm³/mol. The molecule has 1 amide bonds. The number of aliphatic hydroxyl groups excluding tert-OH is 1. The van der Waals surface area contributed by atoms with Gasteiger partial charge in [-0.1, -0.05) is 24.8 Å². The van der Waals surface area contributed by atoms with E-state index in [9.17, 15) is 4.79 Å². The fourth-order valence-electron chi connectivity index (χ4n) is 1.23. The smallest absolute Gasteiger partial charge is 0.250 e. The summed E-state index contributed by atoms with van der Waals surface area (Å²) in [7, 11) is 1.65. The Morgan fingerprint density at radius 2 is 2.21 bits per heavy atom. The highest BCUT2D eigenvalue weighted by molar-refractivity contribution is 6.01. The highest BCUT2D eigenvalue weighted by Crippen LogP contribution is 2.18. The molecule has 0 bridgehead atoms. The molecular formula is C11H13NO2. The zero-order chi connectivity index (χ0) is 10.6. The summed E-state index contributed by atoms with van der Waals surface area (Å²) < 4.78 is 0. The maximum atomic E-state index is 11.3. The first kappa shape index (κ1) is 10.5. The maximum Gasteiger partial charge on any atom is 0.250 e. The van der Waals surface area contributed by atoms with Gasteiger partial charge in [0.1, 0.15) is 0 Å². The van der Waals surface area contributed by atoms with E-state index in [4.69, 9.17) is 5.11 Å². The summed E-state index contributed by atoms with van der Waals surface area (Å²) in [5.41, 5.74) is 1.44. The van der Waals surface area contributed by atoms with Gasteiger partial charge in [-0.15, -0.1) is 0 Å². The Labute approximate surface area is 83.3 Å². The van der Waals surface area contributed by atoms with E-state index in [0.29, 0.717) is 5.69 Å². The van der Waals surface area contributed by atoms with Gasteiger partial charge in [0.2, 0.25) is 5.91 Å². The third-order valence-corrected chi connectivity index (χ3v) is 2.03. The molecule has 3 heteroatoms. The molecule has 0 saturated heterocycles. The molecule has 0 aromatic heterocycles. The molecule has 3 nitrogen and oxygen atoms in total. The number of anilines is 1. The first-order valence-corrected chi connectivity index (χ1v) is 4.29. The minimum atomic E-state index is -0.189. The number of hydrogen-bond donors (Lipinski definition) is 1. The van der Waals surface area contributed by atoms with Crippen LogP contribution in [0.4, 0.5) is 5.69 Å². The average Bonchev–Trinajstić information content (AvgIpc) is 2.26. The molecule has 0 aliphatic carbocycles. The second kappa shape index (κ2) is 4.58. The van der Waals surface area contributed by atoms with Crippen LogP contribution in [0.15, 0.2) is 36.9 Å². The number of aliphatic hydroxyl groups is 1. The number of para-hydroxylation sites is 1. The lowest BCUT2D eigenvalue weighted by atomic mass is 10.1. The molecule has 1 aromatic carbocycles. The van der Waals surface area contributed by atoms with E-state index in [2.05, 4.69) is 6.58 Å². The Morgan fingerprint density at radius 3 is 2.79 bits per heavy atom. The van der Waals surface area contributed by atoms with Crippen molar-refractivity contribution in [2.75, 3.05) is 11.9 Å². The predicted octanol–water partition coefficient (Wildman–Crippen LogP) is 1.33. The molecule has 0 atom stereocenters. The van der Waals surface area contributed by atoms with Crippen LogP contribution in [0.25, 0.3) is 0 Å². The molecular weight excluding hydrogens is 178 g/mol. The maximum absolute atomic E-state index is 11.3. The summed E-state index contributed by atoms with van der Waals surface area (Å²) >= 11 is 0. The van der Waals surface area contributed by atoms with Gasteiger partial charge in [0.15, 0.2) is 0 Å². The lowest BCUT2D eigenvalue weighted by Gasteiger charge is -2.18. The number of rotatable bonds is 3. The van der Waals surface area contributed by atoms with Crippen molar-refractivity contribution in [1.29, 1.82) is 0 Å². The Bertz CT molecular complexity index is 347. The zero-order valence-electron chi connectivity index (χ0n) is 8.10. The highest BCUT2D eigenvalue weighted by Gasteiger charge is 2.10. The van der Waals surface area contributed by atoms with E-state index < -0.39 is 0 Å². The first-order valence-electron chi connectivity index (χ1n) is 4.29. The van der Waals surface area contributed by atoms with Crippen LogP contribution in [0.2, 0.25) is 0 Å². The van der Waals surface area contributed by atoms with Crippen molar-refractivity contribution < 1.29 is 9.90 Å². The van der Waals surface area contributed by atoms with E-state index in [1.54, 1.807) is 19.2 Å². The SMILES string of the molecule is C=CC(=O)N(C)c1ccccc1CO. The van der Waals surface area contributed by atoms with Crippen LogP contribution in [-0.4, -0.2) is 18.1 Å². The van der Waals surface area contributed by atoms with Crippen LogP contribution < -0.4 is 4.90 Å². The van der Waals surface area contributed by atoms with Gasteiger partial charge in [0.25, 0.3) is 0 Å². The van der Waals surface area contributed by atoms with Gasteiger partial charge in [-0.3, -0.25) is 4.79 Å². The first-order chi connectivity index (χ1) is 6.70. The van der Waals surface area contributed by atoms with Crippen LogP contribution in [0, 0.1) is 0 Å². The van der Waals surface area contributed by atoms with Crippen LogP contribution in [-0.2, 0) is 11.4 Å². The van der Waals surface area contributed by atoms with Crippen LogP contribution in [0.1, 0.15) is 5.56 Å². The fraction of sp³-hybridized carbons (Fsp3) is 0.182. The lowest BCUT2D eigenvalue weighted by Crippen LogP contribution is -2.24. The lowest BCUT2D eigenvalue weighted by molar-refractivity contribution is -0.113. The minimum Gasteiger partial charge on any atom is -0.392 e. The third-order valence-electron chi connectivity index (χ3n) is 2.03. The Kier molecular flexibility index (Phi) is 3.42. The second-order valence-corrected chi connectivity index (χ2v) is 2.89. The van der Waals surface area contributed by atoms with Crippen molar-refractivity contribution in [3.63, 3.8) is 0 Å². The molecule has 0 saturated carbocycles. The quantitative estimate of drug-likeness (QED) is 0.732. The van der Waals surface area contributed by atoms with E-state index in [0.717, 1.165) is 5.56 Å². The second-order valence-electron chi connectivity index (χ2n) is 2.89. The number of nitrogens with zero attached hydrogens (tertiary/aromatic N) is 1. The molecule has 0 unspecified atom stereocenters. The Hall–Kier alpha value is -1.61. The summed E-state index contributed by atoms with van der Waals surface area (Å²) in [5, 5.41) is 9.06. The summed E-state index contributed by atoms with van der Waals surface area (Å²) in [6, 6.07) is 7.21. The average molecular weight is 191 g/mol. The normalized spacial score (nSPS) is 9.57. The molecule has 14 heavy (non-hydrogen) atoms. The van der Waals surface area contributed by atoms with Crippen molar-refractivity contribution in [2.45, 2.75) is 6.61 Å². The third kappa shape index (κ3) is 2.00. The van der Waals surface area contributed by atoms with Crippen molar-refractivity contribution in [3.8, 4) is 0 Å². The molecule has 1 N–H and O–H groups in total. The van der Waals surface area contributed by atoms with Gasteiger partial charge in [-0.2, -0.15) is 0 Å². The number of likely N-dealkylation sites (N-methyl/N-ethyl adjacent to an activating group) is 1. The molecule has 0 radical (unpaired) electrons.